The van der Waals surface area contributed by atoms with Crippen LogP contribution in [-0.2, 0) is 0 Å². The molecule has 0 saturated carbocycles. The fourth-order valence-electron chi connectivity index (χ4n) is 2.94. The molecule has 1 aliphatic rings. The molecule has 3 nitrogen and oxygen atoms in total. The lowest BCUT2D eigenvalue weighted by molar-refractivity contribution is 0.296. The average molecular weight is 291 g/mol. The van der Waals surface area contributed by atoms with Crippen LogP contribution < -0.4 is 14.8 Å². The Morgan fingerprint density at radius 1 is 1.10 bits per heavy atom. The maximum absolute atomic E-state index is 5.83. The van der Waals surface area contributed by atoms with E-state index in [1.54, 1.807) is 0 Å². The summed E-state index contributed by atoms with van der Waals surface area (Å²) in [5.41, 5.74) is 1.31. The molecule has 0 aliphatic carbocycles. The van der Waals surface area contributed by atoms with Gasteiger partial charge in [0.2, 0.25) is 0 Å². The molecule has 2 rings (SSSR count). The van der Waals surface area contributed by atoms with E-state index in [4.69, 9.17) is 9.47 Å². The van der Waals surface area contributed by atoms with Crippen LogP contribution in [0.5, 0.6) is 11.5 Å². The summed E-state index contributed by atoms with van der Waals surface area (Å²) < 4.78 is 11.6. The summed E-state index contributed by atoms with van der Waals surface area (Å²) in [7, 11) is 0. The highest BCUT2D eigenvalue weighted by Crippen LogP contribution is 2.35. The molecule has 118 valence electrons. The van der Waals surface area contributed by atoms with Crippen LogP contribution in [0.25, 0.3) is 0 Å². The quantitative estimate of drug-likeness (QED) is 0.811. The first-order valence-electron chi connectivity index (χ1n) is 8.39. The lowest BCUT2D eigenvalue weighted by Gasteiger charge is -2.26. The Labute approximate surface area is 129 Å². The van der Waals surface area contributed by atoms with Crippen LogP contribution in [0, 0.1) is 5.92 Å². The molecule has 0 radical (unpaired) electrons. The van der Waals surface area contributed by atoms with Gasteiger partial charge in [0.1, 0.15) is 0 Å². The topological polar surface area (TPSA) is 30.5 Å². The Balaban J connectivity index is 2.20. The molecule has 0 amide bonds. The number of hydrogen-bond acceptors (Lipinski definition) is 3. The summed E-state index contributed by atoms with van der Waals surface area (Å²) in [4.78, 5) is 0. The van der Waals surface area contributed by atoms with Crippen molar-refractivity contribution in [3.63, 3.8) is 0 Å². The summed E-state index contributed by atoms with van der Waals surface area (Å²) in [6.45, 7) is 9.33. The first-order chi connectivity index (χ1) is 10.3. The molecule has 1 N–H and O–H groups in total. The summed E-state index contributed by atoms with van der Waals surface area (Å²) in [5, 5.41) is 3.70. The summed E-state index contributed by atoms with van der Waals surface area (Å²) in [6.07, 6.45) is 4.56. The predicted octanol–water partition coefficient (Wildman–Crippen LogP) is 4.32. The van der Waals surface area contributed by atoms with E-state index in [1.807, 2.05) is 0 Å². The van der Waals surface area contributed by atoms with Gasteiger partial charge >= 0.3 is 0 Å². The van der Waals surface area contributed by atoms with E-state index in [0.717, 1.165) is 44.1 Å². The normalized spacial score (nSPS) is 17.1. The van der Waals surface area contributed by atoms with Crippen molar-refractivity contribution in [3.05, 3.63) is 23.8 Å². The van der Waals surface area contributed by atoms with Gasteiger partial charge in [-0.1, -0.05) is 33.3 Å². The summed E-state index contributed by atoms with van der Waals surface area (Å²) in [5.74, 6) is 2.40. The van der Waals surface area contributed by atoms with E-state index < -0.39 is 0 Å². The Hall–Kier alpha value is -1.22. The van der Waals surface area contributed by atoms with Crippen molar-refractivity contribution in [2.75, 3.05) is 19.8 Å². The third-order valence-electron chi connectivity index (χ3n) is 4.06. The fourth-order valence-corrected chi connectivity index (χ4v) is 2.94. The minimum atomic E-state index is 0.391. The molecule has 2 unspecified atom stereocenters. The van der Waals surface area contributed by atoms with Crippen molar-refractivity contribution in [1.29, 1.82) is 0 Å². The van der Waals surface area contributed by atoms with E-state index >= 15 is 0 Å². The highest BCUT2D eigenvalue weighted by atomic mass is 16.5. The lowest BCUT2D eigenvalue weighted by atomic mass is 9.90. The molecule has 1 aromatic carbocycles. The van der Waals surface area contributed by atoms with E-state index in [1.165, 1.54) is 18.4 Å². The molecule has 1 aliphatic heterocycles. The SMILES string of the molecule is CCCNC(c1ccc2c(c1)OCCCO2)C(C)CCC. The van der Waals surface area contributed by atoms with E-state index in [-0.39, 0.29) is 0 Å². The van der Waals surface area contributed by atoms with Crippen molar-refractivity contribution in [1.82, 2.24) is 5.32 Å². The fraction of sp³-hybridized carbons (Fsp3) is 0.667. The molecule has 2 atom stereocenters. The van der Waals surface area contributed by atoms with E-state index in [9.17, 15) is 0 Å². The Bertz CT molecular complexity index is 433. The van der Waals surface area contributed by atoms with E-state index in [0.29, 0.717) is 12.0 Å². The molecule has 0 bridgehead atoms. The average Bonchev–Trinajstić information content (AvgIpc) is 2.72. The second-order valence-corrected chi connectivity index (χ2v) is 5.95. The van der Waals surface area contributed by atoms with Crippen molar-refractivity contribution < 1.29 is 9.47 Å². The number of rotatable bonds is 7. The first-order valence-corrected chi connectivity index (χ1v) is 8.39. The molecule has 1 aromatic rings. The van der Waals surface area contributed by atoms with Gasteiger partial charge in [-0.05, 0) is 43.0 Å². The van der Waals surface area contributed by atoms with Crippen LogP contribution in [0.15, 0.2) is 18.2 Å². The number of benzene rings is 1. The zero-order chi connectivity index (χ0) is 15.1. The zero-order valence-corrected chi connectivity index (χ0v) is 13.7. The van der Waals surface area contributed by atoms with Gasteiger partial charge < -0.3 is 14.8 Å². The van der Waals surface area contributed by atoms with E-state index in [2.05, 4.69) is 44.3 Å². The van der Waals surface area contributed by atoms with Gasteiger partial charge in [-0.15, -0.1) is 0 Å². The van der Waals surface area contributed by atoms with Gasteiger partial charge in [0.25, 0.3) is 0 Å². The van der Waals surface area contributed by atoms with Crippen LogP contribution >= 0.6 is 0 Å². The molecule has 0 saturated heterocycles. The number of hydrogen-bond donors (Lipinski definition) is 1. The summed E-state index contributed by atoms with van der Waals surface area (Å²) in [6, 6.07) is 6.81. The van der Waals surface area contributed by atoms with Gasteiger partial charge in [-0.3, -0.25) is 0 Å². The lowest BCUT2D eigenvalue weighted by Crippen LogP contribution is -2.27. The second-order valence-electron chi connectivity index (χ2n) is 5.95. The molecule has 21 heavy (non-hydrogen) atoms. The first kappa shape index (κ1) is 16.2. The standard InChI is InChI=1S/C18H29NO2/c1-4-7-14(3)18(19-10-5-2)15-8-9-16-17(13-15)21-12-6-11-20-16/h8-9,13-14,18-19H,4-7,10-12H2,1-3H3. The van der Waals surface area contributed by atoms with Gasteiger partial charge in [0, 0.05) is 12.5 Å². The minimum Gasteiger partial charge on any atom is -0.490 e. The van der Waals surface area contributed by atoms with Crippen LogP contribution in [0.4, 0.5) is 0 Å². The maximum atomic E-state index is 5.83. The minimum absolute atomic E-state index is 0.391. The van der Waals surface area contributed by atoms with Crippen molar-refractivity contribution in [3.8, 4) is 11.5 Å². The molecule has 0 spiro atoms. The number of fused-ring (bicyclic) bond motifs is 1. The molecule has 1 heterocycles. The predicted molar refractivity (Wildman–Crippen MR) is 87.2 cm³/mol. The number of nitrogens with one attached hydrogen (secondary N) is 1. The molecule has 3 heteroatoms. The second kappa shape index (κ2) is 8.28. The zero-order valence-electron chi connectivity index (χ0n) is 13.7. The smallest absolute Gasteiger partial charge is 0.161 e. The van der Waals surface area contributed by atoms with Crippen LogP contribution in [0.3, 0.4) is 0 Å². The van der Waals surface area contributed by atoms with Crippen molar-refractivity contribution in [2.24, 2.45) is 5.92 Å². The van der Waals surface area contributed by atoms with Crippen LogP contribution in [0.1, 0.15) is 58.1 Å². The van der Waals surface area contributed by atoms with Crippen molar-refractivity contribution in [2.45, 2.75) is 52.5 Å². The van der Waals surface area contributed by atoms with Gasteiger partial charge in [-0.25, -0.2) is 0 Å². The number of ether oxygens (including phenoxy) is 2. The summed E-state index contributed by atoms with van der Waals surface area (Å²) >= 11 is 0. The Morgan fingerprint density at radius 2 is 1.86 bits per heavy atom. The van der Waals surface area contributed by atoms with Gasteiger partial charge in [-0.2, -0.15) is 0 Å². The third kappa shape index (κ3) is 4.37. The van der Waals surface area contributed by atoms with Gasteiger partial charge in [0.05, 0.1) is 13.2 Å². The largest absolute Gasteiger partial charge is 0.490 e. The molecule has 0 aromatic heterocycles. The Morgan fingerprint density at radius 3 is 2.57 bits per heavy atom. The Kier molecular flexibility index (Phi) is 6.37. The monoisotopic (exact) mass is 291 g/mol. The van der Waals surface area contributed by atoms with Crippen molar-refractivity contribution >= 4 is 0 Å². The van der Waals surface area contributed by atoms with Crippen LogP contribution in [-0.4, -0.2) is 19.8 Å². The molecular weight excluding hydrogens is 262 g/mol. The third-order valence-corrected chi connectivity index (χ3v) is 4.06. The van der Waals surface area contributed by atoms with Gasteiger partial charge in [0.15, 0.2) is 11.5 Å². The molecular formula is C18H29NO2. The highest BCUT2D eigenvalue weighted by molar-refractivity contribution is 5.44. The van der Waals surface area contributed by atoms with Crippen LogP contribution in [0.2, 0.25) is 0 Å². The maximum Gasteiger partial charge on any atom is 0.161 e. The highest BCUT2D eigenvalue weighted by Gasteiger charge is 2.20. The molecule has 0 fully saturated rings.